The van der Waals surface area contributed by atoms with E-state index in [1.807, 2.05) is 0 Å². The first-order valence-electron chi connectivity index (χ1n) is 8.98. The second-order valence-corrected chi connectivity index (χ2v) is 8.03. The van der Waals surface area contributed by atoms with E-state index in [-0.39, 0.29) is 23.4 Å². The third kappa shape index (κ3) is 3.24. The maximum atomic E-state index is 13.0. The lowest BCUT2D eigenvalue weighted by atomic mass is 9.87. The van der Waals surface area contributed by atoms with Gasteiger partial charge in [0.05, 0.1) is 22.8 Å². The summed E-state index contributed by atoms with van der Waals surface area (Å²) in [6.45, 7) is 0. The van der Waals surface area contributed by atoms with Crippen molar-refractivity contribution in [2.24, 2.45) is 11.3 Å². The lowest BCUT2D eigenvalue weighted by molar-refractivity contribution is -0.284. The molecular formula is C19H19ClO9. The van der Waals surface area contributed by atoms with Crippen LogP contribution in [0, 0.1) is 11.3 Å². The molecule has 1 aliphatic heterocycles. The van der Waals surface area contributed by atoms with Crippen LogP contribution >= 0.6 is 11.6 Å². The summed E-state index contributed by atoms with van der Waals surface area (Å²) in [5, 5.41) is 49.8. The molecule has 156 valence electrons. The van der Waals surface area contributed by atoms with Gasteiger partial charge in [-0.25, -0.2) is 0 Å². The molecule has 0 radical (unpaired) electrons. The molecule has 29 heavy (non-hydrogen) atoms. The van der Waals surface area contributed by atoms with Crippen molar-refractivity contribution in [1.29, 1.82) is 0 Å². The average Bonchev–Trinajstić information content (AvgIpc) is 3.21. The zero-order valence-corrected chi connectivity index (χ0v) is 15.7. The molecule has 1 aromatic heterocycles. The van der Waals surface area contributed by atoms with Gasteiger partial charge in [0.1, 0.15) is 18.3 Å². The van der Waals surface area contributed by atoms with Crippen molar-refractivity contribution in [2.45, 2.75) is 43.5 Å². The molecule has 1 unspecified atom stereocenters. The molecule has 4 rings (SSSR count). The Morgan fingerprint density at radius 2 is 1.86 bits per heavy atom. The third-order valence-electron chi connectivity index (χ3n) is 5.86. The number of carboxylic acid groups (broad SMARTS) is 1. The van der Waals surface area contributed by atoms with Crippen molar-refractivity contribution in [3.8, 4) is 0 Å². The van der Waals surface area contributed by atoms with E-state index in [1.54, 1.807) is 12.1 Å². The lowest BCUT2D eigenvalue weighted by Gasteiger charge is -2.39. The van der Waals surface area contributed by atoms with Crippen LogP contribution in [0.4, 0.5) is 0 Å². The number of fused-ring (bicyclic) bond motifs is 1. The van der Waals surface area contributed by atoms with Gasteiger partial charge in [-0.1, -0.05) is 11.6 Å². The Morgan fingerprint density at radius 1 is 1.14 bits per heavy atom. The minimum atomic E-state index is -1.78. The molecule has 0 spiro atoms. The van der Waals surface area contributed by atoms with Crippen molar-refractivity contribution in [3.05, 3.63) is 35.0 Å². The first-order valence-corrected chi connectivity index (χ1v) is 9.35. The van der Waals surface area contributed by atoms with Crippen LogP contribution in [0.25, 0.3) is 11.0 Å². The molecule has 0 bridgehead atoms. The molecule has 2 fully saturated rings. The van der Waals surface area contributed by atoms with Crippen LogP contribution in [0.2, 0.25) is 5.02 Å². The molecule has 2 aromatic rings. The van der Waals surface area contributed by atoms with Gasteiger partial charge in [0.25, 0.3) is 0 Å². The number of hydrogen-bond acceptors (Lipinski definition) is 8. The lowest BCUT2D eigenvalue weighted by Crippen LogP contribution is -2.58. The summed E-state index contributed by atoms with van der Waals surface area (Å²) in [5.41, 5.74) is -0.871. The minimum absolute atomic E-state index is 0.00351. The molecule has 9 nitrogen and oxygen atoms in total. The van der Waals surface area contributed by atoms with E-state index in [0.29, 0.717) is 11.0 Å². The number of benzene rings is 1. The van der Waals surface area contributed by atoms with Crippen LogP contribution in [-0.2, 0) is 9.53 Å². The van der Waals surface area contributed by atoms with E-state index in [1.165, 1.54) is 12.3 Å². The van der Waals surface area contributed by atoms with Gasteiger partial charge in [0.15, 0.2) is 17.7 Å². The number of Topliss-reactive ketones (excluding diaryl/α,β-unsaturated/α-hetero) is 1. The number of hydrogen-bond donors (Lipinski definition) is 5. The normalized spacial score (nSPS) is 36.9. The fourth-order valence-electron chi connectivity index (χ4n) is 4.04. The molecular weight excluding hydrogens is 408 g/mol. The van der Waals surface area contributed by atoms with E-state index in [4.69, 9.17) is 20.8 Å². The number of halogens is 1. The first kappa shape index (κ1) is 20.3. The largest absolute Gasteiger partial charge is 0.481 e. The smallest absolute Gasteiger partial charge is 0.310 e. The Labute approximate surface area is 169 Å². The Balaban J connectivity index is 1.57. The van der Waals surface area contributed by atoms with E-state index < -0.39 is 53.8 Å². The zero-order chi connectivity index (χ0) is 21.1. The Hall–Kier alpha value is -2.01. The number of aliphatic hydroxyl groups is 4. The van der Waals surface area contributed by atoms with Gasteiger partial charge >= 0.3 is 5.97 Å². The predicted octanol–water partition coefficient (Wildman–Crippen LogP) is 0.550. The van der Waals surface area contributed by atoms with Crippen molar-refractivity contribution in [3.63, 3.8) is 0 Å². The van der Waals surface area contributed by atoms with Crippen molar-refractivity contribution in [2.75, 3.05) is 0 Å². The Bertz CT molecular complexity index is 972. The van der Waals surface area contributed by atoms with Gasteiger partial charge in [-0.3, -0.25) is 9.59 Å². The van der Waals surface area contributed by atoms with Crippen LogP contribution in [0.15, 0.2) is 28.9 Å². The molecule has 2 heterocycles. The SMILES string of the molecule is O=C(c1cc(Cl)c2occc2c1)[C@H]1C[C@@]1(CC1O[C@H](O)[C@H](O)[C@@H](O)[C@H]1O)C(=O)O. The number of carbonyl (C=O) groups excluding carboxylic acids is 1. The van der Waals surface area contributed by atoms with Crippen LogP contribution in [0.5, 0.6) is 0 Å². The van der Waals surface area contributed by atoms with Crippen LogP contribution in [0.3, 0.4) is 0 Å². The molecule has 2 aliphatic rings. The van der Waals surface area contributed by atoms with Crippen molar-refractivity contribution < 1.29 is 44.3 Å². The van der Waals surface area contributed by atoms with E-state index in [2.05, 4.69) is 0 Å². The number of ketones is 1. The molecule has 1 aliphatic carbocycles. The summed E-state index contributed by atoms with van der Waals surface area (Å²) < 4.78 is 10.3. The predicted molar refractivity (Wildman–Crippen MR) is 97.2 cm³/mol. The Morgan fingerprint density at radius 3 is 2.55 bits per heavy atom. The quantitative estimate of drug-likeness (QED) is 0.430. The highest BCUT2D eigenvalue weighted by molar-refractivity contribution is 6.35. The molecule has 7 atom stereocenters. The fourth-order valence-corrected chi connectivity index (χ4v) is 4.31. The van der Waals surface area contributed by atoms with Gasteiger partial charge in [0, 0.05) is 16.9 Å². The number of furan rings is 1. The standard InChI is InChI=1S/C19H19ClO9/c20-10-4-8(3-7-1-2-28-16(7)10)12(21)9-5-19(9,18(26)27)6-11-13(22)14(23)15(24)17(25)29-11/h1-4,9,11,13-15,17,22-25H,5-6H2,(H,26,27)/t9-,11?,13+,14+,15-,17+,19+/m1/s1. The van der Waals surface area contributed by atoms with Crippen LogP contribution in [-0.4, -0.2) is 68.0 Å². The van der Waals surface area contributed by atoms with Crippen molar-refractivity contribution in [1.82, 2.24) is 0 Å². The van der Waals surface area contributed by atoms with E-state index in [0.717, 1.165) is 0 Å². The summed E-state index contributed by atoms with van der Waals surface area (Å²) in [5.74, 6) is -2.57. The maximum Gasteiger partial charge on any atom is 0.310 e. The first-order chi connectivity index (χ1) is 13.7. The second kappa shape index (κ2) is 7.05. The highest BCUT2D eigenvalue weighted by Crippen LogP contribution is 2.58. The average molecular weight is 427 g/mol. The van der Waals surface area contributed by atoms with Gasteiger partial charge in [0.2, 0.25) is 0 Å². The number of carboxylic acids is 1. The molecule has 1 saturated heterocycles. The zero-order valence-electron chi connectivity index (χ0n) is 14.9. The summed E-state index contributed by atoms with van der Waals surface area (Å²) >= 11 is 6.13. The number of carbonyl (C=O) groups is 2. The maximum absolute atomic E-state index is 13.0. The third-order valence-corrected chi connectivity index (χ3v) is 6.14. The molecule has 1 aromatic carbocycles. The molecule has 10 heteroatoms. The summed E-state index contributed by atoms with van der Waals surface area (Å²) in [6, 6.07) is 4.61. The van der Waals surface area contributed by atoms with Gasteiger partial charge in [-0.05, 0) is 31.0 Å². The molecule has 1 saturated carbocycles. The number of ether oxygens (including phenoxy) is 1. The van der Waals surface area contributed by atoms with Gasteiger partial charge in [-0.2, -0.15) is 0 Å². The fraction of sp³-hybridized carbons (Fsp3) is 0.474. The Kier molecular flexibility index (Phi) is 4.93. The monoisotopic (exact) mass is 426 g/mol. The van der Waals surface area contributed by atoms with E-state index in [9.17, 15) is 35.1 Å². The molecule has 5 N–H and O–H groups in total. The minimum Gasteiger partial charge on any atom is -0.481 e. The highest BCUT2D eigenvalue weighted by Gasteiger charge is 2.65. The van der Waals surface area contributed by atoms with Gasteiger partial charge < -0.3 is 34.7 Å². The number of aliphatic carboxylic acids is 1. The summed E-state index contributed by atoms with van der Waals surface area (Å²) in [6.07, 6.45) is -6.97. The van der Waals surface area contributed by atoms with Crippen molar-refractivity contribution >= 4 is 34.3 Å². The van der Waals surface area contributed by atoms with E-state index >= 15 is 0 Å². The topological polar surface area (TPSA) is 158 Å². The highest BCUT2D eigenvalue weighted by atomic mass is 35.5. The molecule has 0 amide bonds. The van der Waals surface area contributed by atoms with Crippen LogP contribution < -0.4 is 0 Å². The second-order valence-electron chi connectivity index (χ2n) is 7.62. The number of rotatable bonds is 5. The summed E-state index contributed by atoms with van der Waals surface area (Å²) in [7, 11) is 0. The number of aliphatic hydroxyl groups excluding tert-OH is 4. The van der Waals surface area contributed by atoms with Gasteiger partial charge in [-0.15, -0.1) is 0 Å². The summed E-state index contributed by atoms with van der Waals surface area (Å²) in [4.78, 5) is 24.9. The van der Waals surface area contributed by atoms with Crippen LogP contribution in [0.1, 0.15) is 23.2 Å².